The number of para-hydroxylation sites is 1. The Morgan fingerprint density at radius 2 is 1.55 bits per heavy atom. The molecule has 2 aliphatic rings. The van der Waals surface area contributed by atoms with Crippen molar-refractivity contribution in [1.29, 1.82) is 0 Å². The average Bonchev–Trinajstić information content (AvgIpc) is 2.97. The molecule has 0 saturated carbocycles. The minimum atomic E-state index is -0.509. The third-order valence-electron chi connectivity index (χ3n) is 7.79. The number of methoxy groups -OCH3 is 3. The first-order valence-electron chi connectivity index (χ1n) is 13.3. The topological polar surface area (TPSA) is 85.9 Å². The smallest absolute Gasteiger partial charge is 0.254 e. The van der Waals surface area contributed by atoms with Gasteiger partial charge in [-0.1, -0.05) is 36.4 Å². The fourth-order valence-electron chi connectivity index (χ4n) is 5.71. The maximum Gasteiger partial charge on any atom is 0.254 e. The summed E-state index contributed by atoms with van der Waals surface area (Å²) in [6.07, 6.45) is 0.960. The molecule has 0 unspecified atom stereocenters. The zero-order chi connectivity index (χ0) is 28.4. The predicted molar refractivity (Wildman–Crippen MR) is 155 cm³/mol. The number of Topliss-reactive ketones (excluding diaryl/α,β-unsaturated/α-hetero) is 1. The van der Waals surface area contributed by atoms with Gasteiger partial charge in [0, 0.05) is 40.6 Å². The highest BCUT2D eigenvalue weighted by molar-refractivity contribution is 6.10. The van der Waals surface area contributed by atoms with Crippen molar-refractivity contribution in [3.63, 3.8) is 0 Å². The number of nitrogens with one attached hydrogen (secondary N) is 2. The molecule has 1 aliphatic heterocycles. The SMILES string of the molecule is COc1ccc([C@@H]2C(C(=O)Nc3ccccc3C)=C(C)NC3=C2C(=O)C[C@H](c2ccc(OC)c(OC)c2)C3)cc1. The number of hydrogen-bond acceptors (Lipinski definition) is 6. The molecule has 0 aromatic heterocycles. The van der Waals surface area contributed by atoms with Crippen LogP contribution in [0.4, 0.5) is 5.69 Å². The van der Waals surface area contributed by atoms with Crippen LogP contribution in [0, 0.1) is 6.92 Å². The fraction of sp³-hybridized carbons (Fsp3) is 0.273. The zero-order valence-electron chi connectivity index (χ0n) is 23.5. The fourth-order valence-corrected chi connectivity index (χ4v) is 5.71. The summed E-state index contributed by atoms with van der Waals surface area (Å²) in [6, 6.07) is 21.1. The predicted octanol–water partition coefficient (Wildman–Crippen LogP) is 6.02. The van der Waals surface area contributed by atoms with E-state index in [1.807, 2.05) is 80.6 Å². The van der Waals surface area contributed by atoms with Crippen molar-refractivity contribution in [3.8, 4) is 17.2 Å². The number of anilines is 1. The molecule has 0 saturated heterocycles. The van der Waals surface area contributed by atoms with Gasteiger partial charge in [-0.2, -0.15) is 0 Å². The van der Waals surface area contributed by atoms with Crippen LogP contribution >= 0.6 is 0 Å². The van der Waals surface area contributed by atoms with Crippen LogP contribution in [0.15, 0.2) is 89.3 Å². The number of carbonyl (C=O) groups is 2. The van der Waals surface area contributed by atoms with Crippen molar-refractivity contribution < 1.29 is 23.8 Å². The summed E-state index contributed by atoms with van der Waals surface area (Å²) >= 11 is 0. The lowest BCUT2D eigenvalue weighted by Crippen LogP contribution is -2.37. The maximum absolute atomic E-state index is 14.0. The number of rotatable bonds is 7. The monoisotopic (exact) mass is 538 g/mol. The van der Waals surface area contributed by atoms with E-state index >= 15 is 0 Å². The van der Waals surface area contributed by atoms with Crippen LogP contribution in [0.1, 0.15) is 48.3 Å². The second-order valence-electron chi connectivity index (χ2n) is 10.2. The summed E-state index contributed by atoms with van der Waals surface area (Å²) in [5, 5.41) is 6.53. The lowest BCUT2D eigenvalue weighted by Gasteiger charge is -2.37. The van der Waals surface area contributed by atoms with Gasteiger partial charge >= 0.3 is 0 Å². The standard InChI is InChI=1S/C33H34N2O5/c1-19-8-6-7-9-25(19)35-33(37)30-20(2)34-26-16-23(22-12-15-28(39-4)29(18-22)40-5)17-27(36)32(26)31(30)21-10-13-24(38-3)14-11-21/h6-15,18,23,31,34H,16-17H2,1-5H3,(H,35,37)/t23-,31-/m1/s1. The van der Waals surface area contributed by atoms with Crippen LogP contribution < -0.4 is 24.8 Å². The number of carbonyl (C=O) groups excluding carboxylic acids is 2. The van der Waals surface area contributed by atoms with Gasteiger partial charge in [-0.05, 0) is 73.2 Å². The summed E-state index contributed by atoms with van der Waals surface area (Å²) in [7, 11) is 4.82. The maximum atomic E-state index is 14.0. The molecule has 0 fully saturated rings. The van der Waals surface area contributed by atoms with Crippen molar-refractivity contribution in [2.24, 2.45) is 0 Å². The Bertz CT molecular complexity index is 1520. The van der Waals surface area contributed by atoms with Crippen LogP contribution in [0.25, 0.3) is 0 Å². The van der Waals surface area contributed by atoms with E-state index in [9.17, 15) is 9.59 Å². The highest BCUT2D eigenvalue weighted by atomic mass is 16.5. The second kappa shape index (κ2) is 11.3. The van der Waals surface area contributed by atoms with Crippen LogP contribution in [0.2, 0.25) is 0 Å². The Balaban J connectivity index is 1.55. The summed E-state index contributed by atoms with van der Waals surface area (Å²) < 4.78 is 16.3. The Morgan fingerprint density at radius 1 is 0.850 bits per heavy atom. The van der Waals surface area contributed by atoms with Gasteiger partial charge in [0.15, 0.2) is 17.3 Å². The summed E-state index contributed by atoms with van der Waals surface area (Å²) in [5.41, 5.74) is 6.32. The molecule has 3 aromatic rings. The van der Waals surface area contributed by atoms with Crippen LogP contribution in [0.5, 0.6) is 17.2 Å². The molecule has 0 bridgehead atoms. The quantitative estimate of drug-likeness (QED) is 0.383. The second-order valence-corrected chi connectivity index (χ2v) is 10.2. The molecule has 206 valence electrons. The number of hydrogen-bond donors (Lipinski definition) is 2. The number of amides is 1. The molecule has 7 nitrogen and oxygen atoms in total. The summed E-state index contributed by atoms with van der Waals surface area (Å²) in [5.74, 6) is 1.22. The highest BCUT2D eigenvalue weighted by Crippen LogP contribution is 2.46. The summed E-state index contributed by atoms with van der Waals surface area (Å²) in [6.45, 7) is 3.86. The first kappa shape index (κ1) is 27.1. The van der Waals surface area contributed by atoms with E-state index in [2.05, 4.69) is 10.6 Å². The van der Waals surface area contributed by atoms with Crippen LogP contribution in [0.3, 0.4) is 0 Å². The van der Waals surface area contributed by atoms with E-state index in [1.54, 1.807) is 21.3 Å². The first-order valence-corrected chi connectivity index (χ1v) is 13.3. The van der Waals surface area contributed by atoms with Gasteiger partial charge in [0.05, 0.1) is 21.3 Å². The normalized spacial score (nSPS) is 18.6. The highest BCUT2D eigenvalue weighted by Gasteiger charge is 2.41. The van der Waals surface area contributed by atoms with Gasteiger partial charge in [-0.15, -0.1) is 0 Å². The zero-order valence-corrected chi connectivity index (χ0v) is 23.5. The van der Waals surface area contributed by atoms with Crippen molar-refractivity contribution in [2.75, 3.05) is 26.6 Å². The largest absolute Gasteiger partial charge is 0.497 e. The molecule has 7 heteroatoms. The molecule has 2 atom stereocenters. The number of ether oxygens (including phenoxy) is 3. The Morgan fingerprint density at radius 3 is 2.23 bits per heavy atom. The Labute approximate surface area is 234 Å². The van der Waals surface area contributed by atoms with E-state index in [0.29, 0.717) is 41.2 Å². The molecule has 1 aliphatic carbocycles. The number of aryl methyl sites for hydroxylation is 1. The van der Waals surface area contributed by atoms with Crippen LogP contribution in [-0.4, -0.2) is 33.0 Å². The third kappa shape index (κ3) is 5.07. The Kier molecular flexibility index (Phi) is 7.65. The van der Waals surface area contributed by atoms with Gasteiger partial charge < -0.3 is 24.8 Å². The summed E-state index contributed by atoms with van der Waals surface area (Å²) in [4.78, 5) is 27.8. The van der Waals surface area contributed by atoms with Crippen molar-refractivity contribution in [3.05, 3.63) is 106 Å². The molecule has 5 rings (SSSR count). The van der Waals surface area contributed by atoms with Crippen molar-refractivity contribution >= 4 is 17.4 Å². The Hall–Kier alpha value is -4.52. The molecule has 1 amide bonds. The van der Waals surface area contributed by atoms with E-state index in [0.717, 1.165) is 33.8 Å². The molecule has 1 heterocycles. The number of allylic oxidation sites excluding steroid dienone is 3. The van der Waals surface area contributed by atoms with Crippen molar-refractivity contribution in [1.82, 2.24) is 5.32 Å². The van der Waals surface area contributed by atoms with Gasteiger partial charge in [0.2, 0.25) is 0 Å². The van der Waals surface area contributed by atoms with E-state index in [-0.39, 0.29) is 17.6 Å². The molecule has 0 spiro atoms. The number of dihydropyridines is 1. The van der Waals surface area contributed by atoms with Gasteiger partial charge in [0.1, 0.15) is 5.75 Å². The molecule has 2 N–H and O–H groups in total. The minimum absolute atomic E-state index is 0.0167. The number of ketones is 1. The molecular formula is C33H34N2O5. The van der Waals surface area contributed by atoms with Gasteiger partial charge in [-0.3, -0.25) is 9.59 Å². The molecule has 0 radical (unpaired) electrons. The van der Waals surface area contributed by atoms with E-state index < -0.39 is 5.92 Å². The van der Waals surface area contributed by atoms with Gasteiger partial charge in [0.25, 0.3) is 5.91 Å². The van der Waals surface area contributed by atoms with E-state index in [4.69, 9.17) is 14.2 Å². The van der Waals surface area contributed by atoms with Crippen molar-refractivity contribution in [2.45, 2.75) is 38.5 Å². The average molecular weight is 539 g/mol. The first-order chi connectivity index (χ1) is 19.3. The molecule has 3 aromatic carbocycles. The van der Waals surface area contributed by atoms with Crippen LogP contribution in [-0.2, 0) is 9.59 Å². The molecule has 40 heavy (non-hydrogen) atoms. The number of benzene rings is 3. The lowest BCUT2D eigenvalue weighted by molar-refractivity contribution is -0.116. The van der Waals surface area contributed by atoms with E-state index in [1.165, 1.54) is 0 Å². The third-order valence-corrected chi connectivity index (χ3v) is 7.79. The van der Waals surface area contributed by atoms with Gasteiger partial charge in [-0.25, -0.2) is 0 Å². The lowest BCUT2D eigenvalue weighted by atomic mass is 9.71. The minimum Gasteiger partial charge on any atom is -0.497 e. The molecular weight excluding hydrogens is 504 g/mol.